The third-order valence-corrected chi connectivity index (χ3v) is 6.66. The van der Waals surface area contributed by atoms with Crippen molar-refractivity contribution in [2.24, 2.45) is 0 Å². The van der Waals surface area contributed by atoms with E-state index in [4.69, 9.17) is 0 Å². The number of anilines is 1. The highest BCUT2D eigenvalue weighted by Crippen LogP contribution is 2.51. The summed E-state index contributed by atoms with van der Waals surface area (Å²) in [5.41, 5.74) is 1.79. The molecule has 1 atom stereocenters. The molecule has 2 heterocycles. The van der Waals surface area contributed by atoms with Crippen LogP contribution in [0.4, 0.5) is 14.5 Å². The molecule has 162 valence electrons. The summed E-state index contributed by atoms with van der Waals surface area (Å²) < 4.78 is 27.0. The standard InChI is InChI=1S/C26H22F2N2O2/c27-19-9-5-17(6-10-19)23(31)24-26(13-15-29-16-14-26)21-3-1-2-4-22(21)30(24)25(32)18-7-11-20(28)12-8-18/h1-12,24,29H,13-16H2/t24-/m0/s1. The average Bonchev–Trinajstić information content (AvgIpc) is 3.09. The summed E-state index contributed by atoms with van der Waals surface area (Å²) in [6.45, 7) is 1.44. The predicted octanol–water partition coefficient (Wildman–Crippen LogP) is 4.50. The van der Waals surface area contributed by atoms with Gasteiger partial charge in [0.15, 0.2) is 5.78 Å². The summed E-state index contributed by atoms with van der Waals surface area (Å²) in [6, 6.07) is 17.7. The minimum atomic E-state index is -0.773. The highest BCUT2D eigenvalue weighted by molar-refractivity contribution is 6.16. The number of piperidine rings is 1. The maximum absolute atomic E-state index is 13.9. The zero-order valence-electron chi connectivity index (χ0n) is 17.4. The molecule has 2 aliphatic rings. The molecule has 3 aromatic rings. The van der Waals surface area contributed by atoms with Crippen LogP contribution >= 0.6 is 0 Å². The number of Topliss-reactive ketones (excluding diaryl/α,β-unsaturated/α-hetero) is 1. The van der Waals surface area contributed by atoms with Gasteiger partial charge in [0.2, 0.25) is 0 Å². The number of halogens is 2. The Morgan fingerprint density at radius 2 is 1.38 bits per heavy atom. The van der Waals surface area contributed by atoms with E-state index in [-0.39, 0.29) is 11.7 Å². The minimum absolute atomic E-state index is 0.224. The lowest BCUT2D eigenvalue weighted by molar-refractivity contribution is 0.0845. The van der Waals surface area contributed by atoms with Gasteiger partial charge < -0.3 is 5.32 Å². The van der Waals surface area contributed by atoms with E-state index in [9.17, 15) is 18.4 Å². The van der Waals surface area contributed by atoms with Gasteiger partial charge in [-0.25, -0.2) is 8.78 Å². The molecule has 0 unspecified atom stereocenters. The Morgan fingerprint density at radius 1 is 0.812 bits per heavy atom. The number of fused-ring (bicyclic) bond motifs is 2. The van der Waals surface area contributed by atoms with Gasteiger partial charge in [-0.1, -0.05) is 18.2 Å². The number of carbonyl (C=O) groups is 2. The minimum Gasteiger partial charge on any atom is -0.317 e. The van der Waals surface area contributed by atoms with E-state index in [2.05, 4.69) is 5.32 Å². The summed E-state index contributed by atoms with van der Waals surface area (Å²) in [4.78, 5) is 29.2. The molecule has 1 fully saturated rings. The topological polar surface area (TPSA) is 49.4 Å². The molecular formula is C26H22F2N2O2. The van der Waals surface area contributed by atoms with Gasteiger partial charge >= 0.3 is 0 Å². The van der Waals surface area contributed by atoms with Crippen LogP contribution in [0, 0.1) is 11.6 Å². The Bertz CT molecular complexity index is 1170. The second kappa shape index (κ2) is 7.95. The number of nitrogens with one attached hydrogen (secondary N) is 1. The van der Waals surface area contributed by atoms with Crippen molar-refractivity contribution in [1.82, 2.24) is 5.32 Å². The Hall–Kier alpha value is -3.38. The highest BCUT2D eigenvalue weighted by Gasteiger charge is 2.56. The maximum Gasteiger partial charge on any atom is 0.258 e. The van der Waals surface area contributed by atoms with Gasteiger partial charge in [0.25, 0.3) is 5.91 Å². The van der Waals surface area contributed by atoms with Crippen LogP contribution in [0.5, 0.6) is 0 Å². The molecule has 0 radical (unpaired) electrons. The number of benzene rings is 3. The summed E-state index contributed by atoms with van der Waals surface area (Å²) in [7, 11) is 0. The maximum atomic E-state index is 13.9. The third-order valence-electron chi connectivity index (χ3n) is 6.66. The van der Waals surface area contributed by atoms with Crippen molar-refractivity contribution >= 4 is 17.4 Å². The van der Waals surface area contributed by atoms with E-state index in [1.165, 1.54) is 48.5 Å². The van der Waals surface area contributed by atoms with Crippen LogP contribution in [-0.2, 0) is 5.41 Å². The summed E-state index contributed by atoms with van der Waals surface area (Å²) in [6.07, 6.45) is 1.38. The Morgan fingerprint density at radius 3 is 2.00 bits per heavy atom. The van der Waals surface area contributed by atoms with Gasteiger partial charge in [-0.05, 0) is 86.1 Å². The largest absolute Gasteiger partial charge is 0.317 e. The summed E-state index contributed by atoms with van der Waals surface area (Å²) >= 11 is 0. The zero-order valence-corrected chi connectivity index (χ0v) is 17.4. The molecule has 0 saturated carbocycles. The molecule has 6 heteroatoms. The van der Waals surface area contributed by atoms with Gasteiger partial charge in [-0.2, -0.15) is 0 Å². The van der Waals surface area contributed by atoms with Gasteiger partial charge in [0.1, 0.15) is 17.7 Å². The van der Waals surface area contributed by atoms with Crippen molar-refractivity contribution in [2.75, 3.05) is 18.0 Å². The molecule has 5 rings (SSSR count). The molecule has 0 aromatic heterocycles. The normalized spacial score (nSPS) is 19.1. The molecule has 1 saturated heterocycles. The number of nitrogens with zero attached hydrogens (tertiary/aromatic N) is 1. The number of rotatable bonds is 3. The van der Waals surface area contributed by atoms with Crippen molar-refractivity contribution in [2.45, 2.75) is 24.3 Å². The molecule has 1 spiro atoms. The molecule has 0 aliphatic carbocycles. The Balaban J connectivity index is 1.68. The summed E-state index contributed by atoms with van der Waals surface area (Å²) in [5.74, 6) is -1.43. The van der Waals surface area contributed by atoms with Crippen molar-refractivity contribution < 1.29 is 18.4 Å². The number of hydrogen-bond acceptors (Lipinski definition) is 3. The van der Waals surface area contributed by atoms with E-state index in [0.717, 1.165) is 18.7 Å². The van der Waals surface area contributed by atoms with Crippen molar-refractivity contribution in [3.8, 4) is 0 Å². The van der Waals surface area contributed by atoms with Gasteiger partial charge in [-0.15, -0.1) is 0 Å². The number of ketones is 1. The van der Waals surface area contributed by atoms with Gasteiger partial charge in [0, 0.05) is 22.2 Å². The van der Waals surface area contributed by atoms with Gasteiger partial charge in [0.05, 0.1) is 0 Å². The molecule has 0 bridgehead atoms. The molecule has 2 aliphatic heterocycles. The molecule has 3 aromatic carbocycles. The monoisotopic (exact) mass is 432 g/mol. The van der Waals surface area contributed by atoms with Crippen molar-refractivity contribution in [3.63, 3.8) is 0 Å². The van der Waals surface area contributed by atoms with Crippen LogP contribution < -0.4 is 10.2 Å². The van der Waals surface area contributed by atoms with E-state index in [1.807, 2.05) is 24.3 Å². The smallest absolute Gasteiger partial charge is 0.258 e. The SMILES string of the molecule is O=C(c1ccc(F)cc1)[C@@H]1N(C(=O)c2ccc(F)cc2)c2ccccc2C12CCNCC2. The number of para-hydroxylation sites is 1. The number of hydrogen-bond donors (Lipinski definition) is 1. The quantitative estimate of drug-likeness (QED) is 0.620. The molecule has 1 N–H and O–H groups in total. The Labute approximate surface area is 184 Å². The fraction of sp³-hybridized carbons (Fsp3) is 0.231. The molecule has 4 nitrogen and oxygen atoms in total. The van der Waals surface area contributed by atoms with E-state index >= 15 is 0 Å². The van der Waals surface area contributed by atoms with Crippen LogP contribution in [-0.4, -0.2) is 30.8 Å². The van der Waals surface area contributed by atoms with Crippen molar-refractivity contribution in [3.05, 3.63) is 101 Å². The van der Waals surface area contributed by atoms with E-state index in [1.54, 1.807) is 4.90 Å². The van der Waals surface area contributed by atoms with E-state index < -0.39 is 23.1 Å². The lowest BCUT2D eigenvalue weighted by Crippen LogP contribution is -2.55. The van der Waals surface area contributed by atoms with Gasteiger partial charge in [-0.3, -0.25) is 14.5 Å². The lowest BCUT2D eigenvalue weighted by Gasteiger charge is -2.41. The average molecular weight is 432 g/mol. The zero-order chi connectivity index (χ0) is 22.3. The van der Waals surface area contributed by atoms with Crippen LogP contribution in [0.25, 0.3) is 0 Å². The third kappa shape index (κ3) is 3.22. The van der Waals surface area contributed by atoms with Crippen LogP contribution in [0.15, 0.2) is 72.8 Å². The lowest BCUT2D eigenvalue weighted by atomic mass is 9.68. The molecule has 1 amide bonds. The first kappa shape index (κ1) is 20.5. The first-order valence-electron chi connectivity index (χ1n) is 10.7. The highest BCUT2D eigenvalue weighted by atomic mass is 19.1. The Kier molecular flexibility index (Phi) is 5.10. The second-order valence-electron chi connectivity index (χ2n) is 8.38. The predicted molar refractivity (Wildman–Crippen MR) is 118 cm³/mol. The second-order valence-corrected chi connectivity index (χ2v) is 8.38. The fourth-order valence-corrected chi connectivity index (χ4v) is 5.15. The molecule has 32 heavy (non-hydrogen) atoms. The first-order valence-corrected chi connectivity index (χ1v) is 10.7. The molecular weight excluding hydrogens is 410 g/mol. The van der Waals surface area contributed by atoms with Crippen LogP contribution in [0.3, 0.4) is 0 Å². The number of carbonyl (C=O) groups excluding carboxylic acids is 2. The number of amides is 1. The van der Waals surface area contributed by atoms with Crippen LogP contribution in [0.1, 0.15) is 39.1 Å². The van der Waals surface area contributed by atoms with Crippen molar-refractivity contribution in [1.29, 1.82) is 0 Å². The van der Waals surface area contributed by atoms with Crippen LogP contribution in [0.2, 0.25) is 0 Å². The fourth-order valence-electron chi connectivity index (χ4n) is 5.15. The van der Waals surface area contributed by atoms with E-state index in [0.29, 0.717) is 29.7 Å². The first-order chi connectivity index (χ1) is 15.5. The summed E-state index contributed by atoms with van der Waals surface area (Å²) in [5, 5.41) is 3.35.